The van der Waals surface area contributed by atoms with Crippen molar-refractivity contribution >= 4 is 57.2 Å². The molecular formula is C36H26ClN5O4S. The molecule has 47 heavy (non-hydrogen) atoms. The molecule has 0 unspecified atom stereocenters. The quantitative estimate of drug-likeness (QED) is 0.157. The monoisotopic (exact) mass is 659 g/mol. The van der Waals surface area contributed by atoms with E-state index in [1.807, 2.05) is 66.9 Å². The lowest BCUT2D eigenvalue weighted by Crippen LogP contribution is -2.40. The number of carbonyl (C=O) groups is 1. The molecule has 0 spiro atoms. The van der Waals surface area contributed by atoms with Crippen molar-refractivity contribution in [1.82, 2.24) is 9.13 Å². The first-order valence-corrected chi connectivity index (χ1v) is 15.9. The van der Waals surface area contributed by atoms with E-state index in [4.69, 9.17) is 16.6 Å². The summed E-state index contributed by atoms with van der Waals surface area (Å²) in [6, 6.07) is 29.9. The van der Waals surface area contributed by atoms with Gasteiger partial charge in [-0.1, -0.05) is 83.6 Å². The third-order valence-electron chi connectivity index (χ3n) is 8.09. The summed E-state index contributed by atoms with van der Waals surface area (Å²) in [5, 5.41) is 15.6. The SMILES string of the molecule is CC1=C(C(=O)Nc2ccccc2)[C@@H](c2ccc(Cl)cc2)n2c(s/c(=C\c3cn(Cc4ccc([N+](=O)[O-])cc4)c4ccccc34)c2=O)=N1. The number of nitro benzene ring substituents is 1. The maximum atomic E-state index is 14.3. The maximum absolute atomic E-state index is 14.3. The van der Waals surface area contributed by atoms with Gasteiger partial charge in [-0.2, -0.15) is 0 Å². The minimum atomic E-state index is -0.724. The molecule has 3 heterocycles. The largest absolute Gasteiger partial charge is 0.342 e. The molecule has 0 bridgehead atoms. The van der Waals surface area contributed by atoms with Gasteiger partial charge < -0.3 is 9.88 Å². The molecule has 232 valence electrons. The van der Waals surface area contributed by atoms with Crippen LogP contribution in [0.3, 0.4) is 0 Å². The average molecular weight is 660 g/mol. The summed E-state index contributed by atoms with van der Waals surface area (Å²) >= 11 is 7.49. The molecule has 6 aromatic rings. The Morgan fingerprint density at radius 2 is 1.70 bits per heavy atom. The second kappa shape index (κ2) is 12.3. The van der Waals surface area contributed by atoms with Crippen molar-refractivity contribution in [3.8, 4) is 0 Å². The molecule has 1 N–H and O–H groups in total. The fourth-order valence-corrected chi connectivity index (χ4v) is 7.04. The number of hydrogen-bond acceptors (Lipinski definition) is 6. The summed E-state index contributed by atoms with van der Waals surface area (Å²) in [6.45, 7) is 2.27. The van der Waals surface area contributed by atoms with Gasteiger partial charge in [-0.3, -0.25) is 24.3 Å². The van der Waals surface area contributed by atoms with Gasteiger partial charge in [-0.25, -0.2) is 4.99 Å². The number of nitro groups is 1. The number of allylic oxidation sites excluding steroid dienone is 1. The number of nitrogens with one attached hydrogen (secondary N) is 1. The van der Waals surface area contributed by atoms with Crippen LogP contribution in [0.15, 0.2) is 130 Å². The van der Waals surface area contributed by atoms with Crippen molar-refractivity contribution in [3.63, 3.8) is 0 Å². The van der Waals surface area contributed by atoms with Crippen LogP contribution in [0, 0.1) is 10.1 Å². The third kappa shape index (κ3) is 5.80. The van der Waals surface area contributed by atoms with Crippen LogP contribution in [0.4, 0.5) is 11.4 Å². The van der Waals surface area contributed by atoms with E-state index >= 15 is 0 Å². The Labute approximate surface area is 277 Å². The maximum Gasteiger partial charge on any atom is 0.271 e. The lowest BCUT2D eigenvalue weighted by molar-refractivity contribution is -0.384. The molecule has 0 saturated carbocycles. The van der Waals surface area contributed by atoms with Crippen LogP contribution in [-0.2, 0) is 11.3 Å². The Morgan fingerprint density at radius 3 is 2.43 bits per heavy atom. The van der Waals surface area contributed by atoms with Gasteiger partial charge in [0.25, 0.3) is 17.2 Å². The van der Waals surface area contributed by atoms with Crippen LogP contribution >= 0.6 is 22.9 Å². The zero-order valence-electron chi connectivity index (χ0n) is 25.0. The first kappa shape index (κ1) is 30.1. The zero-order valence-corrected chi connectivity index (χ0v) is 26.5. The van der Waals surface area contributed by atoms with Gasteiger partial charge in [0.1, 0.15) is 0 Å². The predicted octanol–water partition coefficient (Wildman–Crippen LogP) is 6.44. The number of halogens is 1. The van der Waals surface area contributed by atoms with Crippen LogP contribution in [0.5, 0.6) is 0 Å². The first-order valence-electron chi connectivity index (χ1n) is 14.7. The van der Waals surface area contributed by atoms with Crippen molar-refractivity contribution in [2.45, 2.75) is 19.5 Å². The van der Waals surface area contributed by atoms with E-state index in [1.165, 1.54) is 23.5 Å². The van der Waals surface area contributed by atoms with E-state index in [1.54, 1.807) is 47.9 Å². The van der Waals surface area contributed by atoms with E-state index in [0.29, 0.717) is 37.9 Å². The summed E-state index contributed by atoms with van der Waals surface area (Å²) in [5.74, 6) is -0.346. The Bertz CT molecular complexity index is 2390. The molecule has 1 aliphatic rings. The second-order valence-corrected chi connectivity index (χ2v) is 12.6. The summed E-state index contributed by atoms with van der Waals surface area (Å²) in [7, 11) is 0. The van der Waals surface area contributed by atoms with Crippen molar-refractivity contribution in [2.75, 3.05) is 5.32 Å². The van der Waals surface area contributed by atoms with Crippen LogP contribution in [0.2, 0.25) is 5.02 Å². The van der Waals surface area contributed by atoms with Gasteiger partial charge in [-0.15, -0.1) is 0 Å². The first-order chi connectivity index (χ1) is 22.8. The predicted molar refractivity (Wildman–Crippen MR) is 184 cm³/mol. The van der Waals surface area contributed by atoms with Crippen molar-refractivity contribution in [3.05, 3.63) is 172 Å². The van der Waals surface area contributed by atoms with Gasteiger partial charge >= 0.3 is 0 Å². The summed E-state index contributed by atoms with van der Waals surface area (Å²) in [6.07, 6.45) is 3.84. The number of rotatable bonds is 7. The molecule has 1 aliphatic heterocycles. The molecule has 4 aromatic carbocycles. The molecule has 0 saturated heterocycles. The Hall–Kier alpha value is -5.58. The Morgan fingerprint density at radius 1 is 1.00 bits per heavy atom. The molecule has 2 aromatic heterocycles. The highest BCUT2D eigenvalue weighted by Gasteiger charge is 2.32. The minimum absolute atomic E-state index is 0.0371. The topological polar surface area (TPSA) is 112 Å². The van der Waals surface area contributed by atoms with Crippen LogP contribution in [-0.4, -0.2) is 20.0 Å². The summed E-state index contributed by atoms with van der Waals surface area (Å²) in [5.41, 5.74) is 4.73. The van der Waals surface area contributed by atoms with E-state index in [9.17, 15) is 19.7 Å². The van der Waals surface area contributed by atoms with Gasteiger partial charge in [0.2, 0.25) is 0 Å². The van der Waals surface area contributed by atoms with Crippen LogP contribution in [0.25, 0.3) is 17.0 Å². The van der Waals surface area contributed by atoms with Crippen molar-refractivity contribution in [1.29, 1.82) is 0 Å². The Kier molecular flexibility index (Phi) is 7.88. The van der Waals surface area contributed by atoms with Crippen molar-refractivity contribution in [2.24, 2.45) is 4.99 Å². The second-order valence-electron chi connectivity index (χ2n) is 11.1. The molecule has 1 atom stereocenters. The number of benzene rings is 4. The molecule has 0 aliphatic carbocycles. The number of amides is 1. The van der Waals surface area contributed by atoms with Gasteiger partial charge in [0.15, 0.2) is 4.80 Å². The minimum Gasteiger partial charge on any atom is -0.342 e. The summed E-state index contributed by atoms with van der Waals surface area (Å²) < 4.78 is 4.12. The molecule has 11 heteroatoms. The number of para-hydroxylation sites is 2. The smallest absolute Gasteiger partial charge is 0.271 e. The number of nitrogens with zero attached hydrogens (tertiary/aromatic N) is 4. The van der Waals surface area contributed by atoms with Crippen molar-refractivity contribution < 1.29 is 9.72 Å². The normalized spacial score (nSPS) is 14.6. The molecule has 7 rings (SSSR count). The van der Waals surface area contributed by atoms with Gasteiger partial charge in [0.05, 0.1) is 26.8 Å². The van der Waals surface area contributed by atoms with E-state index in [0.717, 1.165) is 27.6 Å². The van der Waals surface area contributed by atoms with Gasteiger partial charge in [-0.05, 0) is 54.5 Å². The molecular weight excluding hydrogens is 634 g/mol. The lowest BCUT2D eigenvalue weighted by atomic mass is 9.95. The zero-order chi connectivity index (χ0) is 32.7. The van der Waals surface area contributed by atoms with Crippen LogP contribution in [0.1, 0.15) is 29.7 Å². The molecule has 9 nitrogen and oxygen atoms in total. The van der Waals surface area contributed by atoms with Crippen LogP contribution < -0.4 is 20.2 Å². The van der Waals surface area contributed by atoms with E-state index < -0.39 is 11.0 Å². The number of hydrogen-bond donors (Lipinski definition) is 1. The number of carbonyl (C=O) groups excluding carboxylic acids is 1. The average Bonchev–Trinajstić information content (AvgIpc) is 3.57. The number of fused-ring (bicyclic) bond motifs is 2. The number of non-ortho nitro benzene ring substituents is 1. The number of aromatic nitrogens is 2. The molecule has 1 amide bonds. The fourth-order valence-electron chi connectivity index (χ4n) is 5.87. The molecule has 0 radical (unpaired) electrons. The third-order valence-corrected chi connectivity index (χ3v) is 9.32. The number of anilines is 1. The van der Waals surface area contributed by atoms with Gasteiger partial charge in [0, 0.05) is 52.1 Å². The fraction of sp³-hybridized carbons (Fsp3) is 0.0833. The molecule has 0 fully saturated rings. The lowest BCUT2D eigenvalue weighted by Gasteiger charge is -2.25. The highest BCUT2D eigenvalue weighted by atomic mass is 35.5. The summed E-state index contributed by atoms with van der Waals surface area (Å²) in [4.78, 5) is 44.0. The highest BCUT2D eigenvalue weighted by molar-refractivity contribution is 7.07. The number of thiazole rings is 1. The van der Waals surface area contributed by atoms with E-state index in [-0.39, 0.29) is 17.2 Å². The Balaban J connectivity index is 1.33. The van der Waals surface area contributed by atoms with E-state index in [2.05, 4.69) is 9.88 Å². The highest BCUT2D eigenvalue weighted by Crippen LogP contribution is 2.32. The standard InChI is InChI=1S/C36H26ClN5O4S/c1-22-32(34(43)39-27-7-3-2-4-8-27)33(24-13-15-26(37)16-14-24)41-35(44)31(47-36(41)38-22)19-25-21-40(30-10-6-5-9-29(25)30)20-23-11-17-28(18-12-23)42(45)46/h2-19,21,33H,20H2,1H3,(H,39,43)/b31-19-/t33-/m1/s1.